The van der Waals surface area contributed by atoms with Crippen LogP contribution in [0.1, 0.15) is 55.2 Å². The van der Waals surface area contributed by atoms with Gasteiger partial charge in [0.15, 0.2) is 0 Å². The first kappa shape index (κ1) is 26.8. The smallest absolute Gasteiger partial charge is 0.0406 e. The van der Waals surface area contributed by atoms with Gasteiger partial charge in [-0.25, -0.2) is 4.31 Å². The normalized spacial score (nSPS) is 20.4. The van der Waals surface area contributed by atoms with E-state index in [1.54, 1.807) is 11.1 Å². The monoisotopic (exact) mass is 532 g/mol. The van der Waals surface area contributed by atoms with Crippen LogP contribution in [0, 0.1) is 5.92 Å². The lowest BCUT2D eigenvalue weighted by Gasteiger charge is -2.38. The van der Waals surface area contributed by atoms with E-state index in [2.05, 4.69) is 83.0 Å². The van der Waals surface area contributed by atoms with E-state index in [-0.39, 0.29) is 5.41 Å². The van der Waals surface area contributed by atoms with Gasteiger partial charge in [-0.3, -0.25) is 0 Å². The van der Waals surface area contributed by atoms with Gasteiger partial charge in [0.2, 0.25) is 0 Å². The molecule has 5 rings (SSSR count). The van der Waals surface area contributed by atoms with Gasteiger partial charge in [-0.2, -0.15) is 0 Å². The van der Waals surface area contributed by atoms with Crippen molar-refractivity contribution in [3.05, 3.63) is 101 Å². The summed E-state index contributed by atoms with van der Waals surface area (Å²) >= 11 is 7.95. The Kier molecular flexibility index (Phi) is 9.31. The highest BCUT2D eigenvalue weighted by Crippen LogP contribution is 2.44. The number of benzene rings is 3. The van der Waals surface area contributed by atoms with E-state index in [1.165, 1.54) is 81.5 Å². The van der Waals surface area contributed by atoms with Gasteiger partial charge in [-0.05, 0) is 130 Å². The predicted molar refractivity (Wildman–Crippen MR) is 160 cm³/mol. The second kappa shape index (κ2) is 12.8. The van der Waals surface area contributed by atoms with Gasteiger partial charge in [0.05, 0.1) is 0 Å². The molecule has 0 radical (unpaired) electrons. The average Bonchev–Trinajstić information content (AvgIpc) is 3.28. The van der Waals surface area contributed by atoms with Crippen molar-refractivity contribution in [1.82, 2.24) is 9.21 Å². The van der Waals surface area contributed by atoms with Gasteiger partial charge in [0.25, 0.3) is 0 Å². The molecule has 2 nitrogen and oxygen atoms in total. The fraction of sp³-hybridized carbons (Fsp3) is 0.455. The second-order valence-corrected chi connectivity index (χ2v) is 12.9. The maximum Gasteiger partial charge on any atom is 0.0406 e. The highest BCUT2D eigenvalue weighted by molar-refractivity contribution is 7.97. The van der Waals surface area contributed by atoms with Crippen LogP contribution in [0.15, 0.2) is 83.8 Å². The highest BCUT2D eigenvalue weighted by atomic mass is 35.5. The van der Waals surface area contributed by atoms with Gasteiger partial charge in [0.1, 0.15) is 0 Å². The summed E-state index contributed by atoms with van der Waals surface area (Å²) in [6, 6.07) is 28.4. The highest BCUT2D eigenvalue weighted by Gasteiger charge is 2.39. The third-order valence-corrected chi connectivity index (χ3v) is 9.77. The number of aryl methyl sites for hydroxylation is 2. The molecule has 0 aromatic heterocycles. The molecule has 1 heterocycles. The predicted octanol–water partition coefficient (Wildman–Crippen LogP) is 8.29. The molecule has 1 atom stereocenters. The van der Waals surface area contributed by atoms with Crippen molar-refractivity contribution in [2.45, 2.75) is 61.7 Å². The fourth-order valence-corrected chi connectivity index (χ4v) is 7.57. The maximum atomic E-state index is 6.11. The van der Waals surface area contributed by atoms with Gasteiger partial charge in [0, 0.05) is 21.9 Å². The van der Waals surface area contributed by atoms with E-state index in [4.69, 9.17) is 11.6 Å². The Morgan fingerprint density at radius 1 is 0.946 bits per heavy atom. The Labute approximate surface area is 233 Å². The van der Waals surface area contributed by atoms with Gasteiger partial charge in [-0.1, -0.05) is 72.6 Å². The van der Waals surface area contributed by atoms with E-state index in [9.17, 15) is 0 Å². The van der Waals surface area contributed by atoms with Crippen LogP contribution in [0.4, 0.5) is 0 Å². The van der Waals surface area contributed by atoms with Crippen LogP contribution in [-0.4, -0.2) is 42.4 Å². The van der Waals surface area contributed by atoms with Gasteiger partial charge < -0.3 is 4.90 Å². The largest absolute Gasteiger partial charge is 0.303 e. The molecule has 4 heteroatoms. The van der Waals surface area contributed by atoms with E-state index < -0.39 is 0 Å². The van der Waals surface area contributed by atoms with Crippen molar-refractivity contribution in [3.63, 3.8) is 0 Å². The molecule has 1 aliphatic heterocycles. The van der Waals surface area contributed by atoms with Crippen molar-refractivity contribution < 1.29 is 0 Å². The summed E-state index contributed by atoms with van der Waals surface area (Å²) in [5, 5.41) is 0.799. The Morgan fingerprint density at radius 3 is 2.46 bits per heavy atom. The van der Waals surface area contributed by atoms with Crippen LogP contribution in [0.5, 0.6) is 0 Å². The Morgan fingerprint density at radius 2 is 1.68 bits per heavy atom. The maximum absolute atomic E-state index is 6.11. The molecule has 1 unspecified atom stereocenters. The van der Waals surface area contributed by atoms with Crippen LogP contribution in [0.3, 0.4) is 0 Å². The summed E-state index contributed by atoms with van der Waals surface area (Å²) in [4.78, 5) is 4.01. The zero-order valence-corrected chi connectivity index (χ0v) is 23.8. The summed E-state index contributed by atoms with van der Waals surface area (Å²) in [7, 11) is 2.25. The summed E-state index contributed by atoms with van der Waals surface area (Å²) in [6.07, 6.45) is 10.4. The third kappa shape index (κ3) is 7.20. The Bertz CT molecular complexity index is 1110. The minimum atomic E-state index is 0.233. The fourth-order valence-electron chi connectivity index (χ4n) is 6.51. The van der Waals surface area contributed by atoms with Gasteiger partial charge in [-0.15, -0.1) is 0 Å². The number of halogens is 1. The number of likely N-dealkylation sites (N-methyl/N-ethyl adjacent to an activating group) is 1. The Hall–Kier alpha value is -1.78. The van der Waals surface area contributed by atoms with Crippen molar-refractivity contribution in [2.75, 3.05) is 33.2 Å². The molecule has 1 aliphatic carbocycles. The molecule has 0 amide bonds. The van der Waals surface area contributed by atoms with E-state index in [1.807, 2.05) is 24.1 Å². The SMILES string of the molecule is CN(CC1(CCN2CCC(CCCc3ccccc3)CC2)CCc2ccccc21)Sc1ccc(Cl)cc1. The zero-order valence-electron chi connectivity index (χ0n) is 22.2. The molecule has 0 spiro atoms. The minimum Gasteiger partial charge on any atom is -0.303 e. The van der Waals surface area contributed by atoms with Crippen molar-refractivity contribution in [3.8, 4) is 0 Å². The van der Waals surface area contributed by atoms with E-state index in [0.717, 1.165) is 17.5 Å². The first-order valence-electron chi connectivity index (χ1n) is 14.1. The van der Waals surface area contributed by atoms with Crippen LogP contribution in [0.25, 0.3) is 0 Å². The number of fused-ring (bicyclic) bond motifs is 1. The number of piperidine rings is 1. The number of hydrogen-bond acceptors (Lipinski definition) is 3. The summed E-state index contributed by atoms with van der Waals surface area (Å²) in [6.45, 7) is 4.82. The summed E-state index contributed by atoms with van der Waals surface area (Å²) in [5.41, 5.74) is 4.87. The standard InChI is InChI=1S/C33H41ClN2S/c1-35(37-31-16-14-30(34)15-17-31)26-33(21-18-29-12-5-6-13-32(29)33)22-25-36-23-19-28(20-24-36)11-7-10-27-8-3-2-4-9-27/h2-6,8-9,12-17,28H,7,10-11,18-26H2,1H3. The molecular weight excluding hydrogens is 492 g/mol. The lowest BCUT2D eigenvalue weighted by atomic mass is 9.78. The zero-order chi connectivity index (χ0) is 25.5. The number of hydrogen-bond donors (Lipinski definition) is 0. The number of likely N-dealkylation sites (tertiary alicyclic amines) is 1. The molecule has 0 bridgehead atoms. The Balaban J connectivity index is 1.14. The first-order valence-corrected chi connectivity index (χ1v) is 15.2. The summed E-state index contributed by atoms with van der Waals surface area (Å²) in [5.74, 6) is 0.906. The molecule has 1 fully saturated rings. The molecule has 3 aromatic carbocycles. The quantitative estimate of drug-likeness (QED) is 0.229. The number of nitrogens with zero attached hydrogens (tertiary/aromatic N) is 2. The van der Waals surface area contributed by atoms with Crippen molar-refractivity contribution in [2.24, 2.45) is 5.92 Å². The molecule has 2 aliphatic rings. The topological polar surface area (TPSA) is 6.48 Å². The first-order chi connectivity index (χ1) is 18.1. The lowest BCUT2D eigenvalue weighted by molar-refractivity contribution is 0.158. The minimum absolute atomic E-state index is 0.233. The van der Waals surface area contributed by atoms with Crippen molar-refractivity contribution >= 4 is 23.5 Å². The van der Waals surface area contributed by atoms with E-state index in [0.29, 0.717) is 0 Å². The van der Waals surface area contributed by atoms with Crippen LogP contribution < -0.4 is 0 Å². The molecular formula is C33H41ClN2S. The molecule has 1 saturated heterocycles. The van der Waals surface area contributed by atoms with Crippen LogP contribution in [-0.2, 0) is 18.3 Å². The molecule has 37 heavy (non-hydrogen) atoms. The van der Waals surface area contributed by atoms with Crippen LogP contribution in [0.2, 0.25) is 5.02 Å². The third-order valence-electron chi connectivity index (χ3n) is 8.60. The lowest BCUT2D eigenvalue weighted by Crippen LogP contribution is -2.41. The average molecular weight is 533 g/mol. The van der Waals surface area contributed by atoms with Crippen molar-refractivity contribution in [1.29, 1.82) is 0 Å². The summed E-state index contributed by atoms with van der Waals surface area (Å²) < 4.78 is 2.45. The molecule has 3 aromatic rings. The number of rotatable bonds is 11. The van der Waals surface area contributed by atoms with Crippen LogP contribution >= 0.6 is 23.5 Å². The molecule has 196 valence electrons. The van der Waals surface area contributed by atoms with E-state index >= 15 is 0 Å². The van der Waals surface area contributed by atoms with Gasteiger partial charge >= 0.3 is 0 Å². The molecule has 0 N–H and O–H groups in total. The molecule has 0 saturated carbocycles. The second-order valence-electron chi connectivity index (χ2n) is 11.2.